The molecule has 0 atom stereocenters. The fraction of sp³-hybridized carbons (Fsp3) is 0.0769. The molecule has 2 aromatic heterocycles. The Kier molecular flexibility index (Phi) is 2.37. The van der Waals surface area contributed by atoms with Crippen LogP contribution in [0.25, 0.3) is 21.9 Å². The van der Waals surface area contributed by atoms with Gasteiger partial charge in [-0.3, -0.25) is 0 Å². The average Bonchev–Trinajstić information content (AvgIpc) is 2.81. The van der Waals surface area contributed by atoms with E-state index in [9.17, 15) is 0 Å². The van der Waals surface area contributed by atoms with Gasteiger partial charge < -0.3 is 16.0 Å². The first-order chi connectivity index (χ1) is 8.81. The molecule has 18 heavy (non-hydrogen) atoms. The zero-order valence-corrected chi connectivity index (χ0v) is 9.74. The third kappa shape index (κ3) is 1.48. The number of nitrogens with two attached hydrogens (primary N) is 2. The van der Waals surface area contributed by atoms with Crippen LogP contribution in [-0.2, 0) is 6.54 Å². The summed E-state index contributed by atoms with van der Waals surface area (Å²) in [5.74, 6) is 0.458. The smallest absolute Gasteiger partial charge is 0.152 e. The normalized spacial score (nSPS) is 11.8. The van der Waals surface area contributed by atoms with Gasteiger partial charge in [0.05, 0.1) is 17.4 Å². The van der Waals surface area contributed by atoms with E-state index >= 15 is 0 Å². The molecule has 0 saturated carbocycles. The summed E-state index contributed by atoms with van der Waals surface area (Å²) in [5, 5.41) is 1.05. The van der Waals surface area contributed by atoms with E-state index in [2.05, 4.69) is 9.97 Å². The predicted molar refractivity (Wildman–Crippen MR) is 72.8 cm³/mol. The van der Waals surface area contributed by atoms with Crippen LogP contribution in [0.5, 0.6) is 0 Å². The third-order valence-electron chi connectivity index (χ3n) is 2.92. The van der Waals surface area contributed by atoms with Gasteiger partial charge in [0.15, 0.2) is 5.82 Å². The number of hydrogen-bond donors (Lipinski definition) is 2. The first-order valence-electron chi connectivity index (χ1n) is 5.67. The highest BCUT2D eigenvalue weighted by atomic mass is 15.1. The lowest BCUT2D eigenvalue weighted by atomic mass is 10.2. The molecule has 0 fully saturated rings. The van der Waals surface area contributed by atoms with Gasteiger partial charge in [-0.15, -0.1) is 0 Å². The number of nitrogen functional groups attached to an aromatic ring is 1. The van der Waals surface area contributed by atoms with E-state index in [0.717, 1.165) is 21.9 Å². The maximum atomic E-state index is 5.93. The van der Waals surface area contributed by atoms with E-state index in [1.165, 1.54) is 6.20 Å². The Morgan fingerprint density at radius 3 is 2.94 bits per heavy atom. The highest BCUT2D eigenvalue weighted by Crippen LogP contribution is 2.26. The van der Waals surface area contributed by atoms with E-state index in [0.29, 0.717) is 12.4 Å². The summed E-state index contributed by atoms with van der Waals surface area (Å²) in [5.41, 5.74) is 13.9. The molecule has 90 valence electrons. The Bertz CT molecular complexity index is 742. The molecule has 3 aromatic rings. The van der Waals surface area contributed by atoms with E-state index in [4.69, 9.17) is 11.5 Å². The van der Waals surface area contributed by atoms with Crippen molar-refractivity contribution in [2.45, 2.75) is 6.54 Å². The summed E-state index contributed by atoms with van der Waals surface area (Å²) in [6.45, 7) is 0.667. The van der Waals surface area contributed by atoms with E-state index in [1.807, 2.05) is 34.9 Å². The Hall–Kier alpha value is -2.56. The molecule has 1 aromatic carbocycles. The molecular weight excluding hydrogens is 226 g/mol. The van der Waals surface area contributed by atoms with Gasteiger partial charge in [-0.1, -0.05) is 18.2 Å². The maximum Gasteiger partial charge on any atom is 0.152 e. The molecule has 0 radical (unpaired) electrons. The summed E-state index contributed by atoms with van der Waals surface area (Å²) >= 11 is 0. The van der Waals surface area contributed by atoms with Gasteiger partial charge in [-0.25, -0.2) is 9.97 Å². The number of anilines is 1. The van der Waals surface area contributed by atoms with Crippen LogP contribution in [0.15, 0.2) is 42.9 Å². The topological polar surface area (TPSA) is 82.8 Å². The Morgan fingerprint density at radius 1 is 1.28 bits per heavy atom. The van der Waals surface area contributed by atoms with Crippen molar-refractivity contribution < 1.29 is 0 Å². The highest BCUT2D eigenvalue weighted by molar-refractivity contribution is 6.06. The number of pyridine rings is 1. The first-order valence-corrected chi connectivity index (χ1v) is 5.67. The number of benzene rings is 1. The van der Waals surface area contributed by atoms with Crippen molar-refractivity contribution >= 4 is 27.8 Å². The number of nitrogens with zero attached hydrogens (tertiary/aromatic N) is 3. The van der Waals surface area contributed by atoms with Gasteiger partial charge in [-0.2, -0.15) is 0 Å². The number of rotatable bonds is 2. The van der Waals surface area contributed by atoms with E-state index in [1.54, 1.807) is 6.33 Å². The van der Waals surface area contributed by atoms with Crippen LogP contribution < -0.4 is 11.5 Å². The molecule has 0 bridgehead atoms. The Morgan fingerprint density at radius 2 is 2.11 bits per heavy atom. The zero-order valence-electron chi connectivity index (χ0n) is 9.74. The molecule has 0 unspecified atom stereocenters. The fourth-order valence-corrected chi connectivity index (χ4v) is 2.12. The SMILES string of the molecule is NC=CCn1cnc2c(N)nc3ccccc3c21. The minimum absolute atomic E-state index is 0.458. The van der Waals surface area contributed by atoms with Crippen LogP contribution in [0, 0.1) is 0 Å². The van der Waals surface area contributed by atoms with Crippen molar-refractivity contribution in [3.05, 3.63) is 42.9 Å². The lowest BCUT2D eigenvalue weighted by Gasteiger charge is -2.05. The lowest BCUT2D eigenvalue weighted by molar-refractivity contribution is 0.850. The van der Waals surface area contributed by atoms with Crippen molar-refractivity contribution in [2.75, 3.05) is 5.73 Å². The van der Waals surface area contributed by atoms with Crippen molar-refractivity contribution in [3.8, 4) is 0 Å². The molecule has 0 aliphatic rings. The van der Waals surface area contributed by atoms with Gasteiger partial charge in [0.25, 0.3) is 0 Å². The number of imidazole rings is 1. The van der Waals surface area contributed by atoms with Gasteiger partial charge in [0, 0.05) is 11.9 Å². The van der Waals surface area contributed by atoms with Gasteiger partial charge in [0.1, 0.15) is 5.52 Å². The number of aromatic nitrogens is 3. The second kappa shape index (κ2) is 4.03. The highest BCUT2D eigenvalue weighted by Gasteiger charge is 2.10. The number of para-hydroxylation sites is 1. The summed E-state index contributed by atoms with van der Waals surface area (Å²) in [7, 11) is 0. The Balaban J connectivity index is 2.39. The molecule has 0 aliphatic carbocycles. The number of fused-ring (bicyclic) bond motifs is 3. The quantitative estimate of drug-likeness (QED) is 0.712. The summed E-state index contributed by atoms with van der Waals surface area (Å²) in [4.78, 5) is 8.68. The second-order valence-electron chi connectivity index (χ2n) is 4.04. The number of hydrogen-bond acceptors (Lipinski definition) is 4. The van der Waals surface area contributed by atoms with Gasteiger partial charge >= 0.3 is 0 Å². The number of allylic oxidation sites excluding steroid dienone is 1. The molecular formula is C13H13N5. The predicted octanol–water partition coefficient (Wildman–Crippen LogP) is 1.64. The van der Waals surface area contributed by atoms with Crippen LogP contribution in [0.2, 0.25) is 0 Å². The van der Waals surface area contributed by atoms with Crippen LogP contribution in [0.3, 0.4) is 0 Å². The monoisotopic (exact) mass is 239 g/mol. The molecule has 0 saturated heterocycles. The summed E-state index contributed by atoms with van der Waals surface area (Å²) in [6, 6.07) is 7.90. The minimum Gasteiger partial charge on any atom is -0.405 e. The molecule has 5 heteroatoms. The third-order valence-corrected chi connectivity index (χ3v) is 2.92. The van der Waals surface area contributed by atoms with Crippen LogP contribution in [-0.4, -0.2) is 14.5 Å². The minimum atomic E-state index is 0.458. The van der Waals surface area contributed by atoms with Crippen LogP contribution in [0.4, 0.5) is 5.82 Å². The maximum absolute atomic E-state index is 5.93. The largest absolute Gasteiger partial charge is 0.405 e. The molecule has 0 aliphatic heterocycles. The van der Waals surface area contributed by atoms with E-state index < -0.39 is 0 Å². The van der Waals surface area contributed by atoms with Gasteiger partial charge in [-0.05, 0) is 18.3 Å². The van der Waals surface area contributed by atoms with Crippen LogP contribution in [0.1, 0.15) is 0 Å². The Labute approximate surface area is 104 Å². The van der Waals surface area contributed by atoms with Crippen LogP contribution >= 0.6 is 0 Å². The van der Waals surface area contributed by atoms with E-state index in [-0.39, 0.29) is 0 Å². The van der Waals surface area contributed by atoms with Crippen molar-refractivity contribution in [2.24, 2.45) is 5.73 Å². The second-order valence-corrected chi connectivity index (χ2v) is 4.04. The van der Waals surface area contributed by atoms with Crippen molar-refractivity contribution in [1.29, 1.82) is 0 Å². The first kappa shape index (κ1) is 10.6. The zero-order chi connectivity index (χ0) is 12.5. The lowest BCUT2D eigenvalue weighted by Crippen LogP contribution is -1.97. The molecule has 4 N–H and O–H groups in total. The molecule has 0 amide bonds. The van der Waals surface area contributed by atoms with Crippen molar-refractivity contribution in [3.63, 3.8) is 0 Å². The molecule has 3 rings (SSSR count). The van der Waals surface area contributed by atoms with Gasteiger partial charge in [0.2, 0.25) is 0 Å². The summed E-state index contributed by atoms with van der Waals surface area (Å²) < 4.78 is 2.01. The fourth-order valence-electron chi connectivity index (χ4n) is 2.12. The van der Waals surface area contributed by atoms with Crippen molar-refractivity contribution in [1.82, 2.24) is 14.5 Å². The molecule has 5 nitrogen and oxygen atoms in total. The summed E-state index contributed by atoms with van der Waals surface area (Å²) in [6.07, 6.45) is 5.15. The average molecular weight is 239 g/mol. The molecule has 2 heterocycles. The molecule has 0 spiro atoms. The standard InChI is InChI=1S/C13H13N5/c14-6-3-7-18-8-16-11-12(18)9-4-1-2-5-10(9)17-13(11)15/h1-6,8H,7,14H2,(H2,15,17).